The summed E-state index contributed by atoms with van der Waals surface area (Å²) >= 11 is 0. The lowest BCUT2D eigenvalue weighted by atomic mass is 10.2. The molecular weight excluding hydrogens is 373 g/mol. The van der Waals surface area contributed by atoms with Gasteiger partial charge in [-0.3, -0.25) is 14.0 Å². The van der Waals surface area contributed by atoms with E-state index in [1.54, 1.807) is 24.4 Å². The van der Waals surface area contributed by atoms with E-state index in [1.807, 2.05) is 0 Å². The number of hydrogen-bond donors (Lipinski definition) is 2. The summed E-state index contributed by atoms with van der Waals surface area (Å²) in [5.74, 6) is -1.13. The van der Waals surface area contributed by atoms with Gasteiger partial charge >= 0.3 is 6.18 Å². The van der Waals surface area contributed by atoms with Gasteiger partial charge in [0.05, 0.1) is 11.1 Å². The molecule has 2 N–H and O–H groups in total. The van der Waals surface area contributed by atoms with Crippen molar-refractivity contribution >= 4 is 23.0 Å². The van der Waals surface area contributed by atoms with E-state index in [2.05, 4.69) is 22.2 Å². The molecule has 144 valence electrons. The fourth-order valence-corrected chi connectivity index (χ4v) is 2.54. The first-order valence-electron chi connectivity index (χ1n) is 8.16. The number of alkyl halides is 3. The van der Waals surface area contributed by atoms with Gasteiger partial charge < -0.3 is 10.6 Å². The van der Waals surface area contributed by atoms with Gasteiger partial charge in [0, 0.05) is 18.4 Å². The first-order chi connectivity index (χ1) is 13.3. The maximum absolute atomic E-state index is 12.6. The van der Waals surface area contributed by atoms with Crippen molar-refractivity contribution in [1.82, 2.24) is 14.7 Å². The van der Waals surface area contributed by atoms with Crippen molar-refractivity contribution in [2.45, 2.75) is 6.18 Å². The summed E-state index contributed by atoms with van der Waals surface area (Å²) in [5.41, 5.74) is -0.285. The fraction of sp³-hybridized carbons (Fsp3) is 0.105. The van der Waals surface area contributed by atoms with Crippen LogP contribution in [0.1, 0.15) is 26.7 Å². The number of halogens is 3. The Balaban J connectivity index is 1.89. The number of carbonyl (C=O) groups excluding carboxylic acids is 2. The molecule has 0 atom stereocenters. The zero-order chi connectivity index (χ0) is 20.3. The van der Waals surface area contributed by atoms with Crippen LogP contribution in [0.25, 0.3) is 5.52 Å². The molecule has 0 bridgehead atoms. The summed E-state index contributed by atoms with van der Waals surface area (Å²) in [4.78, 5) is 29.0. The quantitative estimate of drug-likeness (QED) is 0.657. The van der Waals surface area contributed by atoms with Gasteiger partial charge in [0.2, 0.25) is 5.82 Å². The molecule has 2 heterocycles. The van der Waals surface area contributed by atoms with Crippen LogP contribution in [0.2, 0.25) is 0 Å². The molecule has 0 aliphatic rings. The number of rotatable bonds is 5. The first kappa shape index (κ1) is 19.2. The van der Waals surface area contributed by atoms with Gasteiger partial charge in [-0.25, -0.2) is 4.98 Å². The van der Waals surface area contributed by atoms with E-state index in [-0.39, 0.29) is 23.8 Å². The van der Waals surface area contributed by atoms with Gasteiger partial charge in [0.25, 0.3) is 11.8 Å². The summed E-state index contributed by atoms with van der Waals surface area (Å²) < 4.78 is 39.4. The Hall–Kier alpha value is -3.62. The number of carbonyl (C=O) groups is 2. The van der Waals surface area contributed by atoms with Crippen LogP contribution in [0.3, 0.4) is 0 Å². The Labute approximate surface area is 157 Å². The van der Waals surface area contributed by atoms with Crippen LogP contribution in [0.5, 0.6) is 0 Å². The van der Waals surface area contributed by atoms with Crippen LogP contribution < -0.4 is 10.6 Å². The Kier molecular flexibility index (Phi) is 5.16. The predicted octanol–water partition coefficient (Wildman–Crippen LogP) is 3.52. The molecule has 28 heavy (non-hydrogen) atoms. The second-order valence-corrected chi connectivity index (χ2v) is 5.77. The Morgan fingerprint density at radius 3 is 2.46 bits per heavy atom. The highest BCUT2D eigenvalue weighted by atomic mass is 19.4. The number of benzene rings is 1. The average Bonchev–Trinajstić information content (AvgIpc) is 3.06. The number of amides is 2. The van der Waals surface area contributed by atoms with Crippen molar-refractivity contribution < 1.29 is 22.8 Å². The number of hydrogen-bond acceptors (Lipinski definition) is 3. The number of imidazole rings is 1. The molecule has 0 aliphatic heterocycles. The molecule has 1 aromatic carbocycles. The molecule has 2 aromatic heterocycles. The van der Waals surface area contributed by atoms with Crippen molar-refractivity contribution in [3.8, 4) is 0 Å². The van der Waals surface area contributed by atoms with E-state index in [0.717, 1.165) is 24.3 Å². The van der Waals surface area contributed by atoms with Crippen molar-refractivity contribution in [3.05, 3.63) is 78.4 Å². The normalized spacial score (nSPS) is 11.2. The maximum atomic E-state index is 12.6. The summed E-state index contributed by atoms with van der Waals surface area (Å²) in [6.07, 6.45) is -1.37. The third-order valence-corrected chi connectivity index (χ3v) is 3.84. The second-order valence-electron chi connectivity index (χ2n) is 5.77. The third-order valence-electron chi connectivity index (χ3n) is 3.84. The minimum atomic E-state index is -4.46. The van der Waals surface area contributed by atoms with E-state index in [4.69, 9.17) is 0 Å². The lowest BCUT2D eigenvalue weighted by molar-refractivity contribution is -0.137. The largest absolute Gasteiger partial charge is 0.416 e. The maximum Gasteiger partial charge on any atom is 0.416 e. The first-order valence-corrected chi connectivity index (χ1v) is 8.16. The summed E-state index contributed by atoms with van der Waals surface area (Å²) in [7, 11) is 0. The molecule has 2 amide bonds. The van der Waals surface area contributed by atoms with Gasteiger partial charge in [0.15, 0.2) is 5.69 Å². The zero-order valence-corrected chi connectivity index (χ0v) is 14.5. The summed E-state index contributed by atoms with van der Waals surface area (Å²) in [6.45, 7) is 3.74. The highest BCUT2D eigenvalue weighted by molar-refractivity contribution is 6.08. The van der Waals surface area contributed by atoms with Crippen LogP contribution >= 0.6 is 0 Å². The second kappa shape index (κ2) is 7.55. The molecule has 3 aromatic rings. The van der Waals surface area contributed by atoms with Crippen LogP contribution in [-0.4, -0.2) is 27.7 Å². The smallest absolute Gasteiger partial charge is 0.346 e. The standard InChI is InChI=1S/C19H15F3N4O2/c1-2-10-23-18(28)16-25-15(14-5-3-4-11-26(14)16)17(27)24-13-8-6-12(7-9-13)19(20,21)22/h2-9,11H,1,10H2,(H,23,28)(H,24,27). The van der Waals surface area contributed by atoms with Crippen molar-refractivity contribution in [2.24, 2.45) is 0 Å². The summed E-state index contributed by atoms with van der Waals surface area (Å²) in [5, 5.41) is 5.08. The highest BCUT2D eigenvalue weighted by Gasteiger charge is 2.30. The number of fused-ring (bicyclic) bond motifs is 1. The van der Waals surface area contributed by atoms with Crippen molar-refractivity contribution in [3.63, 3.8) is 0 Å². The Bertz CT molecular complexity index is 1040. The van der Waals surface area contributed by atoms with Gasteiger partial charge in [-0.2, -0.15) is 13.2 Å². The van der Waals surface area contributed by atoms with Crippen LogP contribution in [0, 0.1) is 0 Å². The van der Waals surface area contributed by atoms with E-state index in [9.17, 15) is 22.8 Å². The van der Waals surface area contributed by atoms with Crippen molar-refractivity contribution in [2.75, 3.05) is 11.9 Å². The van der Waals surface area contributed by atoms with Gasteiger partial charge in [-0.1, -0.05) is 12.1 Å². The Morgan fingerprint density at radius 1 is 1.11 bits per heavy atom. The zero-order valence-electron chi connectivity index (χ0n) is 14.5. The molecule has 0 aliphatic carbocycles. The van der Waals surface area contributed by atoms with Gasteiger partial charge in [0.1, 0.15) is 0 Å². The number of nitrogens with one attached hydrogen (secondary N) is 2. The summed E-state index contributed by atoms with van der Waals surface area (Å²) in [6, 6.07) is 9.00. The topological polar surface area (TPSA) is 75.5 Å². The molecule has 0 saturated carbocycles. The molecule has 6 nitrogen and oxygen atoms in total. The molecule has 3 rings (SSSR count). The number of nitrogens with zero attached hydrogens (tertiary/aromatic N) is 2. The minimum Gasteiger partial charge on any atom is -0.346 e. The molecule has 0 spiro atoms. The number of pyridine rings is 1. The molecule has 9 heteroatoms. The van der Waals surface area contributed by atoms with Gasteiger partial charge in [-0.05, 0) is 36.4 Å². The van der Waals surface area contributed by atoms with E-state index >= 15 is 0 Å². The van der Waals surface area contributed by atoms with E-state index < -0.39 is 23.6 Å². The molecular formula is C19H15F3N4O2. The molecule has 0 fully saturated rings. The third kappa shape index (κ3) is 3.88. The number of aromatic nitrogens is 2. The monoisotopic (exact) mass is 388 g/mol. The average molecular weight is 388 g/mol. The van der Waals surface area contributed by atoms with E-state index in [0.29, 0.717) is 5.52 Å². The van der Waals surface area contributed by atoms with E-state index in [1.165, 1.54) is 10.5 Å². The molecule has 0 saturated heterocycles. The van der Waals surface area contributed by atoms with Crippen LogP contribution in [0.4, 0.5) is 18.9 Å². The van der Waals surface area contributed by atoms with Crippen LogP contribution in [0.15, 0.2) is 61.3 Å². The fourth-order valence-electron chi connectivity index (χ4n) is 2.54. The highest BCUT2D eigenvalue weighted by Crippen LogP contribution is 2.30. The SMILES string of the molecule is C=CCNC(=O)c1nc(C(=O)Nc2ccc(C(F)(F)F)cc2)c2ccccn12. The minimum absolute atomic E-state index is 0.00928. The predicted molar refractivity (Wildman–Crippen MR) is 97.1 cm³/mol. The Morgan fingerprint density at radius 2 is 1.82 bits per heavy atom. The van der Waals surface area contributed by atoms with Crippen LogP contribution in [-0.2, 0) is 6.18 Å². The lowest BCUT2D eigenvalue weighted by Crippen LogP contribution is -2.25. The van der Waals surface area contributed by atoms with Crippen molar-refractivity contribution in [1.29, 1.82) is 0 Å². The van der Waals surface area contributed by atoms with Gasteiger partial charge in [-0.15, -0.1) is 6.58 Å². The molecule has 0 unspecified atom stereocenters. The molecule has 0 radical (unpaired) electrons. The number of anilines is 1. The lowest BCUT2D eigenvalue weighted by Gasteiger charge is -2.08.